The maximum atomic E-state index is 13.4. The van der Waals surface area contributed by atoms with Crippen LogP contribution < -0.4 is 0 Å². The van der Waals surface area contributed by atoms with Gasteiger partial charge in [0.1, 0.15) is 17.1 Å². The number of hydrogen-bond donors (Lipinski definition) is 0. The molecule has 17 heavy (non-hydrogen) atoms. The summed E-state index contributed by atoms with van der Waals surface area (Å²) in [7, 11) is 0. The van der Waals surface area contributed by atoms with Gasteiger partial charge >= 0.3 is 5.69 Å². The first-order valence-corrected chi connectivity index (χ1v) is 4.38. The van der Waals surface area contributed by atoms with Crippen LogP contribution in [0.5, 0.6) is 0 Å². The number of nitro groups is 1. The second kappa shape index (κ2) is 3.93. The molecular formula is C10H4F3NO3. The molecule has 0 atom stereocenters. The summed E-state index contributed by atoms with van der Waals surface area (Å²) in [5, 5.41) is 10.6. The van der Waals surface area contributed by atoms with Crippen molar-refractivity contribution in [1.29, 1.82) is 0 Å². The van der Waals surface area contributed by atoms with Crippen LogP contribution in [0.15, 0.2) is 28.9 Å². The highest BCUT2D eigenvalue weighted by atomic mass is 19.2. The molecule has 4 nitrogen and oxygen atoms in total. The quantitative estimate of drug-likeness (QED) is 0.462. The maximum Gasteiger partial charge on any atom is 0.321 e. The molecule has 0 spiro atoms. The van der Waals surface area contributed by atoms with Crippen molar-refractivity contribution < 1.29 is 22.5 Å². The summed E-state index contributed by atoms with van der Waals surface area (Å²) < 4.78 is 44.3. The molecule has 0 saturated heterocycles. The van der Waals surface area contributed by atoms with Crippen molar-refractivity contribution in [2.24, 2.45) is 0 Å². The third kappa shape index (κ3) is 1.75. The van der Waals surface area contributed by atoms with E-state index in [2.05, 4.69) is 0 Å². The second-order valence-corrected chi connectivity index (χ2v) is 3.11. The summed E-state index contributed by atoms with van der Waals surface area (Å²) in [6, 6.07) is 2.79. The van der Waals surface area contributed by atoms with Crippen molar-refractivity contribution in [1.82, 2.24) is 0 Å². The lowest BCUT2D eigenvalue weighted by atomic mass is 10.1. The van der Waals surface area contributed by atoms with Crippen LogP contribution in [0, 0.1) is 27.6 Å². The highest BCUT2D eigenvalue weighted by molar-refractivity contribution is 5.70. The Balaban J connectivity index is 2.82. The molecule has 1 heterocycles. The molecule has 1 aromatic carbocycles. The van der Waals surface area contributed by atoms with Crippen molar-refractivity contribution in [2.75, 3.05) is 0 Å². The fourth-order valence-electron chi connectivity index (χ4n) is 1.41. The Labute approximate surface area is 92.4 Å². The van der Waals surface area contributed by atoms with Gasteiger partial charge in [-0.15, -0.1) is 0 Å². The van der Waals surface area contributed by atoms with Gasteiger partial charge in [-0.3, -0.25) is 10.1 Å². The predicted octanol–water partition coefficient (Wildman–Crippen LogP) is 3.27. The van der Waals surface area contributed by atoms with E-state index >= 15 is 0 Å². The molecular weight excluding hydrogens is 239 g/mol. The minimum absolute atomic E-state index is 0.236. The van der Waals surface area contributed by atoms with Gasteiger partial charge in [-0.2, -0.15) is 4.39 Å². The van der Waals surface area contributed by atoms with E-state index in [1.807, 2.05) is 0 Å². The van der Waals surface area contributed by atoms with E-state index in [-0.39, 0.29) is 11.8 Å². The van der Waals surface area contributed by atoms with Crippen molar-refractivity contribution in [3.05, 3.63) is 52.0 Å². The van der Waals surface area contributed by atoms with Crippen LogP contribution in [0.25, 0.3) is 11.3 Å². The molecule has 2 aromatic rings. The molecule has 0 aliphatic heterocycles. The summed E-state index contributed by atoms with van der Waals surface area (Å²) in [6.45, 7) is 0. The SMILES string of the molecule is O=[N+]([O-])c1c(F)c(F)cc(F)c1-c1ccco1. The Bertz CT molecular complexity index is 581. The summed E-state index contributed by atoms with van der Waals surface area (Å²) in [6.07, 6.45) is 1.14. The number of nitrogens with zero attached hydrogens (tertiary/aromatic N) is 1. The van der Waals surface area contributed by atoms with Crippen LogP contribution in [0.4, 0.5) is 18.9 Å². The van der Waals surface area contributed by atoms with Gasteiger partial charge in [0.05, 0.1) is 11.2 Å². The number of nitro benzene ring substituents is 1. The van der Waals surface area contributed by atoms with E-state index in [1.165, 1.54) is 12.1 Å². The highest BCUT2D eigenvalue weighted by Crippen LogP contribution is 2.36. The second-order valence-electron chi connectivity index (χ2n) is 3.11. The van der Waals surface area contributed by atoms with E-state index in [0.717, 1.165) is 6.26 Å². The largest absolute Gasteiger partial charge is 0.464 e. The van der Waals surface area contributed by atoms with Crippen molar-refractivity contribution in [3.63, 3.8) is 0 Å². The Morgan fingerprint density at radius 3 is 2.47 bits per heavy atom. The van der Waals surface area contributed by atoms with Crippen molar-refractivity contribution in [3.8, 4) is 11.3 Å². The maximum absolute atomic E-state index is 13.4. The van der Waals surface area contributed by atoms with Gasteiger partial charge < -0.3 is 4.42 Å². The number of furan rings is 1. The van der Waals surface area contributed by atoms with Gasteiger partial charge in [-0.1, -0.05) is 0 Å². The van der Waals surface area contributed by atoms with E-state index in [9.17, 15) is 23.3 Å². The number of hydrogen-bond acceptors (Lipinski definition) is 3. The lowest BCUT2D eigenvalue weighted by Crippen LogP contribution is -2.01. The van der Waals surface area contributed by atoms with Crippen molar-refractivity contribution in [2.45, 2.75) is 0 Å². The van der Waals surface area contributed by atoms with Gasteiger partial charge in [-0.05, 0) is 12.1 Å². The normalized spacial score (nSPS) is 10.5. The predicted molar refractivity (Wildman–Crippen MR) is 50.7 cm³/mol. The van der Waals surface area contributed by atoms with Crippen LogP contribution in [-0.2, 0) is 0 Å². The molecule has 0 bridgehead atoms. The molecule has 88 valence electrons. The first kappa shape index (κ1) is 11.2. The van der Waals surface area contributed by atoms with E-state index in [1.54, 1.807) is 0 Å². The molecule has 2 rings (SSSR count). The molecule has 0 amide bonds. The Morgan fingerprint density at radius 1 is 1.24 bits per heavy atom. The molecule has 7 heteroatoms. The van der Waals surface area contributed by atoms with E-state index < -0.39 is 33.6 Å². The molecule has 0 N–H and O–H groups in total. The van der Waals surface area contributed by atoms with Gasteiger partial charge in [0.15, 0.2) is 5.82 Å². The van der Waals surface area contributed by atoms with E-state index in [4.69, 9.17) is 4.42 Å². The lowest BCUT2D eigenvalue weighted by Gasteiger charge is -2.03. The van der Waals surface area contributed by atoms with Crippen LogP contribution in [0.2, 0.25) is 0 Å². The topological polar surface area (TPSA) is 56.3 Å². The Morgan fingerprint density at radius 2 is 1.94 bits per heavy atom. The average Bonchev–Trinajstić information content (AvgIpc) is 2.75. The fraction of sp³-hybridized carbons (Fsp3) is 0. The van der Waals surface area contributed by atoms with Gasteiger partial charge in [0.2, 0.25) is 5.82 Å². The lowest BCUT2D eigenvalue weighted by molar-refractivity contribution is -0.387. The molecule has 0 unspecified atom stereocenters. The third-order valence-electron chi connectivity index (χ3n) is 2.10. The summed E-state index contributed by atoms with van der Waals surface area (Å²) in [5.41, 5.74) is -1.99. The molecule has 0 radical (unpaired) electrons. The zero-order valence-corrected chi connectivity index (χ0v) is 8.12. The van der Waals surface area contributed by atoms with Crippen LogP contribution in [0.3, 0.4) is 0 Å². The van der Waals surface area contributed by atoms with Crippen LogP contribution >= 0.6 is 0 Å². The molecule has 0 aliphatic rings. The summed E-state index contributed by atoms with van der Waals surface area (Å²) in [4.78, 5) is 9.44. The standard InChI is InChI=1S/C10H4F3NO3/c11-5-4-6(12)9(13)10(14(15)16)8(5)7-2-1-3-17-7/h1-4H. The fourth-order valence-corrected chi connectivity index (χ4v) is 1.41. The Kier molecular flexibility index (Phi) is 2.58. The number of rotatable bonds is 2. The summed E-state index contributed by atoms with van der Waals surface area (Å²) in [5.74, 6) is -4.84. The van der Waals surface area contributed by atoms with Crippen LogP contribution in [-0.4, -0.2) is 4.92 Å². The summed E-state index contributed by atoms with van der Waals surface area (Å²) >= 11 is 0. The highest BCUT2D eigenvalue weighted by Gasteiger charge is 2.30. The smallest absolute Gasteiger partial charge is 0.321 e. The number of halogens is 3. The number of benzene rings is 1. The van der Waals surface area contributed by atoms with E-state index in [0.29, 0.717) is 0 Å². The first-order chi connectivity index (χ1) is 8.02. The molecule has 0 saturated carbocycles. The zero-order chi connectivity index (χ0) is 12.6. The van der Waals surface area contributed by atoms with Gasteiger partial charge in [0, 0.05) is 6.07 Å². The molecule has 0 aliphatic carbocycles. The average molecular weight is 243 g/mol. The van der Waals surface area contributed by atoms with Gasteiger partial charge in [0.25, 0.3) is 0 Å². The molecule has 0 fully saturated rings. The third-order valence-corrected chi connectivity index (χ3v) is 2.10. The zero-order valence-electron chi connectivity index (χ0n) is 8.12. The van der Waals surface area contributed by atoms with Gasteiger partial charge in [-0.25, -0.2) is 8.78 Å². The first-order valence-electron chi connectivity index (χ1n) is 4.38. The minimum atomic E-state index is -1.72. The Hall–Kier alpha value is -2.31. The van der Waals surface area contributed by atoms with Crippen LogP contribution in [0.1, 0.15) is 0 Å². The van der Waals surface area contributed by atoms with Crippen molar-refractivity contribution >= 4 is 5.69 Å². The molecule has 1 aromatic heterocycles. The minimum Gasteiger partial charge on any atom is -0.464 e. The monoisotopic (exact) mass is 243 g/mol.